The number of piperidine rings is 2. The van der Waals surface area contributed by atoms with Gasteiger partial charge in [0.25, 0.3) is 5.91 Å². The fraction of sp³-hybridized carbons (Fsp3) is 0.692. The molecule has 1 amide bonds. The van der Waals surface area contributed by atoms with Crippen molar-refractivity contribution in [1.82, 2.24) is 20.2 Å². The second-order valence-electron chi connectivity index (χ2n) is 5.58. The summed E-state index contributed by atoms with van der Waals surface area (Å²) >= 11 is 0. The van der Waals surface area contributed by atoms with Gasteiger partial charge in [-0.1, -0.05) is 0 Å². The molecule has 3 heterocycles. The molecule has 1 spiro atoms. The lowest BCUT2D eigenvalue weighted by molar-refractivity contribution is 0.0429. The second kappa shape index (κ2) is 4.72. The Labute approximate surface area is 107 Å². The van der Waals surface area contributed by atoms with Crippen LogP contribution < -0.4 is 5.32 Å². The molecule has 0 bridgehead atoms. The summed E-state index contributed by atoms with van der Waals surface area (Å²) in [5.41, 5.74) is 0.919. The number of carbonyl (C=O) groups is 1. The van der Waals surface area contributed by atoms with Gasteiger partial charge in [0.05, 0.1) is 12.5 Å². The van der Waals surface area contributed by atoms with Crippen molar-refractivity contribution in [1.29, 1.82) is 0 Å². The predicted octanol–water partition coefficient (Wildman–Crippen LogP) is 1.02. The van der Waals surface area contributed by atoms with E-state index in [-0.39, 0.29) is 5.91 Å². The molecule has 18 heavy (non-hydrogen) atoms. The van der Waals surface area contributed by atoms with Gasteiger partial charge in [-0.05, 0) is 32.2 Å². The van der Waals surface area contributed by atoms with Crippen LogP contribution in [0, 0.1) is 5.41 Å². The number of hydrogen-bond donors (Lipinski definition) is 2. The average molecular weight is 248 g/mol. The monoisotopic (exact) mass is 248 g/mol. The Morgan fingerprint density at radius 2 is 2.28 bits per heavy atom. The van der Waals surface area contributed by atoms with E-state index in [4.69, 9.17) is 0 Å². The van der Waals surface area contributed by atoms with Crippen LogP contribution in [0.15, 0.2) is 12.5 Å². The predicted molar refractivity (Wildman–Crippen MR) is 68.3 cm³/mol. The number of nitrogens with one attached hydrogen (secondary N) is 2. The number of likely N-dealkylation sites (tertiary alicyclic amines) is 1. The lowest BCUT2D eigenvalue weighted by atomic mass is 9.74. The van der Waals surface area contributed by atoms with E-state index >= 15 is 0 Å². The largest absolute Gasteiger partial charge is 0.341 e. The van der Waals surface area contributed by atoms with Crippen LogP contribution in [0.3, 0.4) is 0 Å². The minimum Gasteiger partial charge on any atom is -0.341 e. The van der Waals surface area contributed by atoms with Crippen molar-refractivity contribution in [2.45, 2.75) is 25.7 Å². The Bertz CT molecular complexity index is 403. The molecule has 2 aliphatic rings. The van der Waals surface area contributed by atoms with Crippen LogP contribution in [-0.4, -0.2) is 47.0 Å². The number of nitrogens with zero attached hydrogens (tertiary/aromatic N) is 2. The van der Waals surface area contributed by atoms with Crippen molar-refractivity contribution >= 4 is 5.91 Å². The number of aromatic nitrogens is 2. The van der Waals surface area contributed by atoms with Gasteiger partial charge >= 0.3 is 0 Å². The molecule has 0 aliphatic carbocycles. The van der Waals surface area contributed by atoms with E-state index in [0.29, 0.717) is 11.1 Å². The topological polar surface area (TPSA) is 61.0 Å². The number of rotatable bonds is 1. The van der Waals surface area contributed by atoms with Crippen molar-refractivity contribution in [2.75, 3.05) is 26.2 Å². The zero-order chi connectivity index (χ0) is 12.4. The van der Waals surface area contributed by atoms with Gasteiger partial charge < -0.3 is 15.2 Å². The maximum atomic E-state index is 12.3. The van der Waals surface area contributed by atoms with Crippen LogP contribution >= 0.6 is 0 Å². The zero-order valence-electron chi connectivity index (χ0n) is 10.6. The van der Waals surface area contributed by atoms with Crippen LogP contribution in [0.1, 0.15) is 36.2 Å². The highest BCUT2D eigenvalue weighted by Crippen LogP contribution is 2.36. The number of aromatic amines is 1. The highest BCUT2D eigenvalue weighted by atomic mass is 16.2. The Morgan fingerprint density at radius 3 is 3.00 bits per heavy atom. The summed E-state index contributed by atoms with van der Waals surface area (Å²) in [4.78, 5) is 21.1. The summed E-state index contributed by atoms with van der Waals surface area (Å²) in [5, 5.41) is 3.48. The normalized spacial score (nSPS) is 28.6. The fourth-order valence-electron chi connectivity index (χ4n) is 3.30. The first kappa shape index (κ1) is 11.7. The third-order valence-corrected chi connectivity index (χ3v) is 4.24. The molecule has 2 saturated heterocycles. The lowest BCUT2D eigenvalue weighted by Crippen LogP contribution is -2.52. The number of imidazole rings is 1. The first-order valence-corrected chi connectivity index (χ1v) is 6.78. The van der Waals surface area contributed by atoms with Gasteiger partial charge in [0.2, 0.25) is 0 Å². The number of amides is 1. The van der Waals surface area contributed by atoms with Gasteiger partial charge in [0, 0.05) is 25.0 Å². The molecule has 2 N–H and O–H groups in total. The molecule has 0 radical (unpaired) electrons. The van der Waals surface area contributed by atoms with Crippen molar-refractivity contribution in [2.24, 2.45) is 5.41 Å². The minimum absolute atomic E-state index is 0.0946. The van der Waals surface area contributed by atoms with E-state index in [1.54, 1.807) is 12.5 Å². The molecule has 2 fully saturated rings. The van der Waals surface area contributed by atoms with Gasteiger partial charge in [-0.15, -0.1) is 0 Å². The van der Waals surface area contributed by atoms with Gasteiger partial charge in [0.15, 0.2) is 0 Å². The number of carbonyl (C=O) groups excluding carboxylic acids is 1. The SMILES string of the molecule is O=C(c1cnc[nH]1)N1CCCC2(CCCNC2)C1. The molecule has 1 atom stereocenters. The average Bonchev–Trinajstić information content (AvgIpc) is 2.93. The Kier molecular flexibility index (Phi) is 3.07. The molecular weight excluding hydrogens is 228 g/mol. The summed E-state index contributed by atoms with van der Waals surface area (Å²) in [6.45, 7) is 3.94. The summed E-state index contributed by atoms with van der Waals surface area (Å²) in [6.07, 6.45) is 8.00. The van der Waals surface area contributed by atoms with Crippen LogP contribution in [0.2, 0.25) is 0 Å². The van der Waals surface area contributed by atoms with Gasteiger partial charge in [-0.25, -0.2) is 4.98 Å². The molecule has 3 rings (SSSR count). The summed E-state index contributed by atoms with van der Waals surface area (Å²) in [7, 11) is 0. The molecule has 98 valence electrons. The number of hydrogen-bond acceptors (Lipinski definition) is 3. The molecule has 2 aliphatic heterocycles. The molecule has 0 aromatic carbocycles. The summed E-state index contributed by atoms with van der Waals surface area (Å²) in [5.74, 6) is 0.0946. The quantitative estimate of drug-likeness (QED) is 0.780. The minimum atomic E-state index is 0.0946. The first-order chi connectivity index (χ1) is 8.79. The van der Waals surface area contributed by atoms with Crippen LogP contribution in [0.4, 0.5) is 0 Å². The van der Waals surface area contributed by atoms with Gasteiger partial charge in [-0.2, -0.15) is 0 Å². The summed E-state index contributed by atoms with van der Waals surface area (Å²) in [6, 6.07) is 0. The molecule has 0 saturated carbocycles. The molecular formula is C13H20N4O. The van der Waals surface area contributed by atoms with E-state index in [2.05, 4.69) is 15.3 Å². The van der Waals surface area contributed by atoms with Crippen LogP contribution in [-0.2, 0) is 0 Å². The zero-order valence-corrected chi connectivity index (χ0v) is 10.6. The standard InChI is InChI=1S/C13H20N4O/c18-12(11-7-15-10-16-11)17-6-2-4-13(9-17)3-1-5-14-8-13/h7,10,14H,1-6,8-9H2,(H,15,16). The van der Waals surface area contributed by atoms with Crippen molar-refractivity contribution in [3.63, 3.8) is 0 Å². The molecule has 1 aromatic rings. The van der Waals surface area contributed by atoms with E-state index in [0.717, 1.165) is 32.6 Å². The first-order valence-electron chi connectivity index (χ1n) is 6.78. The number of H-pyrrole nitrogens is 1. The van der Waals surface area contributed by atoms with Crippen LogP contribution in [0.25, 0.3) is 0 Å². The summed E-state index contributed by atoms with van der Waals surface area (Å²) < 4.78 is 0. The second-order valence-corrected chi connectivity index (χ2v) is 5.58. The lowest BCUT2D eigenvalue weighted by Gasteiger charge is -2.45. The van der Waals surface area contributed by atoms with E-state index in [1.165, 1.54) is 19.3 Å². The van der Waals surface area contributed by atoms with Crippen molar-refractivity contribution < 1.29 is 4.79 Å². The Hall–Kier alpha value is -1.36. The third-order valence-electron chi connectivity index (χ3n) is 4.24. The maximum Gasteiger partial charge on any atom is 0.271 e. The van der Waals surface area contributed by atoms with E-state index < -0.39 is 0 Å². The Balaban J connectivity index is 1.72. The molecule has 1 aromatic heterocycles. The fourth-order valence-corrected chi connectivity index (χ4v) is 3.30. The highest BCUT2D eigenvalue weighted by molar-refractivity contribution is 5.92. The highest BCUT2D eigenvalue weighted by Gasteiger charge is 2.38. The molecule has 1 unspecified atom stereocenters. The van der Waals surface area contributed by atoms with Gasteiger partial charge in [0.1, 0.15) is 5.69 Å². The third kappa shape index (κ3) is 2.14. The maximum absolute atomic E-state index is 12.3. The Morgan fingerprint density at radius 1 is 1.39 bits per heavy atom. The molecule has 5 heteroatoms. The van der Waals surface area contributed by atoms with Crippen LogP contribution in [0.5, 0.6) is 0 Å². The van der Waals surface area contributed by atoms with E-state index in [9.17, 15) is 4.79 Å². The van der Waals surface area contributed by atoms with Crippen molar-refractivity contribution in [3.05, 3.63) is 18.2 Å². The van der Waals surface area contributed by atoms with Crippen molar-refractivity contribution in [3.8, 4) is 0 Å². The van der Waals surface area contributed by atoms with E-state index in [1.807, 2.05) is 4.90 Å². The van der Waals surface area contributed by atoms with Gasteiger partial charge in [-0.3, -0.25) is 4.79 Å². The smallest absolute Gasteiger partial charge is 0.271 e. The molecule has 5 nitrogen and oxygen atoms in total.